The van der Waals surface area contributed by atoms with Crippen LogP contribution in [-0.2, 0) is 0 Å². The number of nitrogens with zero attached hydrogens (tertiary/aromatic N) is 4. The first-order valence-electron chi connectivity index (χ1n) is 7.39. The minimum Gasteiger partial charge on any atom is -0.388 e. The summed E-state index contributed by atoms with van der Waals surface area (Å²) in [5.74, 6) is 0.781. The lowest BCUT2D eigenvalue weighted by Crippen LogP contribution is -2.01. The second-order valence-electron chi connectivity index (χ2n) is 5.18. The van der Waals surface area contributed by atoms with Crippen molar-refractivity contribution >= 4 is 16.5 Å². The van der Waals surface area contributed by atoms with Gasteiger partial charge in [0.25, 0.3) is 0 Å². The van der Waals surface area contributed by atoms with Gasteiger partial charge in [-0.1, -0.05) is 42.5 Å². The molecule has 4 rings (SSSR count). The minimum atomic E-state index is 0.781. The van der Waals surface area contributed by atoms with Crippen molar-refractivity contribution in [3.8, 4) is 17.1 Å². The summed E-state index contributed by atoms with van der Waals surface area (Å²) in [5, 5.41) is 14.3. The Morgan fingerprint density at radius 3 is 2.48 bits per heavy atom. The van der Waals surface area contributed by atoms with Crippen molar-refractivity contribution in [2.75, 3.05) is 12.4 Å². The monoisotopic (exact) mass is 301 g/mol. The molecule has 23 heavy (non-hydrogen) atoms. The van der Waals surface area contributed by atoms with E-state index in [0.29, 0.717) is 0 Å². The highest BCUT2D eigenvalue weighted by molar-refractivity contribution is 6.00. The Hall–Kier alpha value is -3.21. The fourth-order valence-corrected chi connectivity index (χ4v) is 2.77. The van der Waals surface area contributed by atoms with Crippen molar-refractivity contribution in [2.45, 2.75) is 0 Å². The molecule has 0 fully saturated rings. The fraction of sp³-hybridized carbons (Fsp3) is 0.0556. The maximum absolute atomic E-state index is 4.50. The van der Waals surface area contributed by atoms with Crippen molar-refractivity contribution in [3.05, 3.63) is 67.3 Å². The van der Waals surface area contributed by atoms with Crippen molar-refractivity contribution in [1.82, 2.24) is 19.7 Å². The second-order valence-corrected chi connectivity index (χ2v) is 5.18. The molecule has 0 spiro atoms. The van der Waals surface area contributed by atoms with Crippen molar-refractivity contribution in [2.24, 2.45) is 0 Å². The molecule has 0 unspecified atom stereocenters. The Morgan fingerprint density at radius 1 is 0.913 bits per heavy atom. The van der Waals surface area contributed by atoms with Gasteiger partial charge in [-0.25, -0.2) is 4.98 Å². The summed E-state index contributed by atoms with van der Waals surface area (Å²) in [6.45, 7) is 0. The topological polar surface area (TPSA) is 55.6 Å². The molecular weight excluding hydrogens is 286 g/mol. The zero-order chi connectivity index (χ0) is 15.6. The van der Waals surface area contributed by atoms with Gasteiger partial charge in [0.05, 0.1) is 0 Å². The largest absolute Gasteiger partial charge is 0.388 e. The van der Waals surface area contributed by atoms with Crippen LogP contribution in [0, 0.1) is 0 Å². The summed E-state index contributed by atoms with van der Waals surface area (Å²) in [5.41, 5.74) is 2.94. The number of rotatable bonds is 3. The highest BCUT2D eigenvalue weighted by atomic mass is 15.2. The SMILES string of the molecule is CNc1ccccc1-c1nnc(-n2ccnc2)c2ccccc12. The van der Waals surface area contributed by atoms with Gasteiger partial charge in [-0.05, 0) is 6.07 Å². The summed E-state index contributed by atoms with van der Waals surface area (Å²) < 4.78 is 1.88. The van der Waals surface area contributed by atoms with Crippen molar-refractivity contribution < 1.29 is 0 Å². The van der Waals surface area contributed by atoms with Crippen LogP contribution in [0.25, 0.3) is 27.8 Å². The van der Waals surface area contributed by atoms with Crippen LogP contribution in [0.2, 0.25) is 0 Å². The Balaban J connectivity index is 2.02. The molecule has 4 aromatic rings. The lowest BCUT2D eigenvalue weighted by molar-refractivity contribution is 0.933. The van der Waals surface area contributed by atoms with E-state index in [2.05, 4.69) is 38.7 Å². The van der Waals surface area contributed by atoms with E-state index in [4.69, 9.17) is 0 Å². The summed E-state index contributed by atoms with van der Waals surface area (Å²) in [4.78, 5) is 4.10. The van der Waals surface area contributed by atoms with Gasteiger partial charge >= 0.3 is 0 Å². The van der Waals surface area contributed by atoms with Crippen LogP contribution in [0.4, 0.5) is 5.69 Å². The van der Waals surface area contributed by atoms with Gasteiger partial charge in [-0.15, -0.1) is 10.2 Å². The summed E-state index contributed by atoms with van der Waals surface area (Å²) in [7, 11) is 1.91. The molecule has 2 aromatic heterocycles. The highest BCUT2D eigenvalue weighted by Gasteiger charge is 2.13. The summed E-state index contributed by atoms with van der Waals surface area (Å²) in [6.07, 6.45) is 5.34. The maximum Gasteiger partial charge on any atom is 0.168 e. The predicted octanol–water partition coefficient (Wildman–Crippen LogP) is 3.52. The predicted molar refractivity (Wildman–Crippen MR) is 91.6 cm³/mol. The molecule has 0 saturated carbocycles. The zero-order valence-corrected chi connectivity index (χ0v) is 12.6. The van der Waals surface area contributed by atoms with Gasteiger partial charge < -0.3 is 5.32 Å². The molecule has 0 amide bonds. The molecule has 1 N–H and O–H groups in total. The Labute approximate surface area is 133 Å². The van der Waals surface area contributed by atoms with Crippen molar-refractivity contribution in [1.29, 1.82) is 0 Å². The molecule has 5 heteroatoms. The van der Waals surface area contributed by atoms with Crippen molar-refractivity contribution in [3.63, 3.8) is 0 Å². The van der Waals surface area contributed by atoms with E-state index in [0.717, 1.165) is 33.5 Å². The minimum absolute atomic E-state index is 0.781. The van der Waals surface area contributed by atoms with E-state index in [1.165, 1.54) is 0 Å². The van der Waals surface area contributed by atoms with Gasteiger partial charge in [0.15, 0.2) is 5.82 Å². The second kappa shape index (κ2) is 5.53. The van der Waals surface area contributed by atoms with Gasteiger partial charge in [0.2, 0.25) is 0 Å². The number of hydrogen-bond acceptors (Lipinski definition) is 4. The van der Waals surface area contributed by atoms with E-state index < -0.39 is 0 Å². The third-order valence-corrected chi connectivity index (χ3v) is 3.87. The van der Waals surface area contributed by atoms with Crippen LogP contribution in [0.3, 0.4) is 0 Å². The standard InChI is InChI=1S/C18H15N5/c1-19-16-9-5-4-8-15(16)17-13-6-2-3-7-14(13)18(22-21-17)23-11-10-20-12-23/h2-12,19H,1H3. The summed E-state index contributed by atoms with van der Waals surface area (Å²) >= 11 is 0. The molecule has 5 nitrogen and oxygen atoms in total. The van der Waals surface area contributed by atoms with Crippen LogP contribution in [0.5, 0.6) is 0 Å². The van der Waals surface area contributed by atoms with Crippen LogP contribution in [0.1, 0.15) is 0 Å². The maximum atomic E-state index is 4.50. The molecular formula is C18H15N5. The molecule has 0 radical (unpaired) electrons. The first-order valence-corrected chi connectivity index (χ1v) is 7.39. The molecule has 2 aromatic carbocycles. The number of imidazole rings is 1. The number of hydrogen-bond donors (Lipinski definition) is 1. The van der Waals surface area contributed by atoms with Crippen LogP contribution in [-0.4, -0.2) is 26.8 Å². The van der Waals surface area contributed by atoms with Gasteiger partial charge in [-0.2, -0.15) is 0 Å². The number of anilines is 1. The molecule has 0 bridgehead atoms. The molecule has 0 atom stereocenters. The quantitative estimate of drug-likeness (QED) is 0.629. The molecule has 112 valence electrons. The average molecular weight is 301 g/mol. The highest BCUT2D eigenvalue weighted by Crippen LogP contribution is 2.32. The summed E-state index contributed by atoms with van der Waals surface area (Å²) in [6, 6.07) is 16.3. The zero-order valence-electron chi connectivity index (χ0n) is 12.6. The lowest BCUT2D eigenvalue weighted by Gasteiger charge is -2.12. The average Bonchev–Trinajstić information content (AvgIpc) is 3.15. The van der Waals surface area contributed by atoms with Crippen LogP contribution in [0.15, 0.2) is 67.3 Å². The van der Waals surface area contributed by atoms with Gasteiger partial charge in [-0.3, -0.25) is 4.57 Å². The first kappa shape index (κ1) is 13.5. The number of fused-ring (bicyclic) bond motifs is 1. The first-order chi connectivity index (χ1) is 11.4. The number of nitrogens with one attached hydrogen (secondary N) is 1. The van der Waals surface area contributed by atoms with Crippen LogP contribution >= 0.6 is 0 Å². The Morgan fingerprint density at radius 2 is 1.70 bits per heavy atom. The van der Waals surface area contributed by atoms with E-state index in [-0.39, 0.29) is 0 Å². The Kier molecular flexibility index (Phi) is 3.24. The lowest BCUT2D eigenvalue weighted by atomic mass is 10.0. The number of benzene rings is 2. The Bertz CT molecular complexity index is 960. The van der Waals surface area contributed by atoms with Gasteiger partial charge in [0, 0.05) is 41.5 Å². The molecule has 0 aliphatic rings. The van der Waals surface area contributed by atoms with Gasteiger partial charge in [0.1, 0.15) is 12.0 Å². The third-order valence-electron chi connectivity index (χ3n) is 3.87. The molecule has 0 aliphatic carbocycles. The van der Waals surface area contributed by atoms with E-state index in [9.17, 15) is 0 Å². The van der Waals surface area contributed by atoms with Crippen LogP contribution < -0.4 is 5.32 Å². The van der Waals surface area contributed by atoms with E-state index in [1.54, 1.807) is 12.5 Å². The third kappa shape index (κ3) is 2.23. The fourth-order valence-electron chi connectivity index (χ4n) is 2.77. The smallest absolute Gasteiger partial charge is 0.168 e. The number of aromatic nitrogens is 4. The molecule has 0 saturated heterocycles. The molecule has 2 heterocycles. The molecule has 0 aliphatic heterocycles. The normalized spacial score (nSPS) is 10.8. The van der Waals surface area contributed by atoms with E-state index >= 15 is 0 Å². The van der Waals surface area contributed by atoms with E-state index in [1.807, 2.05) is 48.1 Å². The number of para-hydroxylation sites is 1.